The standard InChI is InChI=1S/C15H16F3NO4/c1-9-12(14(21)22)5-6-19(9)13(20)8-10-3-2-4-11(7-10)23-15(16,17)18/h2-4,7,9,12H,5-6,8H2,1H3,(H,21,22). The predicted octanol–water partition coefficient (Wildman–Crippen LogP) is 2.45. The van der Waals surface area contributed by atoms with Crippen LogP contribution in [0.25, 0.3) is 0 Å². The molecule has 2 unspecified atom stereocenters. The number of rotatable bonds is 4. The molecule has 1 aromatic carbocycles. The molecule has 1 N–H and O–H groups in total. The molecule has 0 radical (unpaired) electrons. The molecule has 5 nitrogen and oxygen atoms in total. The van der Waals surface area contributed by atoms with Crippen LogP contribution >= 0.6 is 0 Å². The van der Waals surface area contributed by atoms with Crippen molar-refractivity contribution < 1.29 is 32.6 Å². The lowest BCUT2D eigenvalue weighted by Gasteiger charge is -2.23. The van der Waals surface area contributed by atoms with Gasteiger partial charge >= 0.3 is 12.3 Å². The molecule has 2 rings (SSSR count). The Balaban J connectivity index is 2.03. The molecule has 1 aliphatic rings. The van der Waals surface area contributed by atoms with Crippen LogP contribution in [0.15, 0.2) is 24.3 Å². The number of benzene rings is 1. The number of likely N-dealkylation sites (tertiary alicyclic amines) is 1. The van der Waals surface area contributed by atoms with Crippen LogP contribution in [0.4, 0.5) is 13.2 Å². The van der Waals surface area contributed by atoms with Crippen molar-refractivity contribution in [1.82, 2.24) is 4.90 Å². The van der Waals surface area contributed by atoms with E-state index in [1.165, 1.54) is 17.0 Å². The van der Waals surface area contributed by atoms with Crippen molar-refractivity contribution in [1.29, 1.82) is 0 Å². The highest BCUT2D eigenvalue weighted by atomic mass is 19.4. The van der Waals surface area contributed by atoms with Crippen LogP contribution in [0, 0.1) is 5.92 Å². The summed E-state index contributed by atoms with van der Waals surface area (Å²) >= 11 is 0. The predicted molar refractivity (Wildman–Crippen MR) is 73.7 cm³/mol. The lowest BCUT2D eigenvalue weighted by Crippen LogP contribution is -2.38. The molecule has 1 amide bonds. The zero-order valence-corrected chi connectivity index (χ0v) is 12.3. The van der Waals surface area contributed by atoms with Crippen molar-refractivity contribution in [3.63, 3.8) is 0 Å². The van der Waals surface area contributed by atoms with E-state index in [9.17, 15) is 22.8 Å². The van der Waals surface area contributed by atoms with Crippen LogP contribution < -0.4 is 4.74 Å². The van der Waals surface area contributed by atoms with Gasteiger partial charge in [-0.1, -0.05) is 12.1 Å². The van der Waals surface area contributed by atoms with E-state index < -0.39 is 24.3 Å². The second-order valence-corrected chi connectivity index (χ2v) is 5.43. The van der Waals surface area contributed by atoms with Crippen molar-refractivity contribution in [2.45, 2.75) is 32.2 Å². The molecular formula is C15H16F3NO4. The van der Waals surface area contributed by atoms with Gasteiger partial charge in [0.15, 0.2) is 0 Å². The van der Waals surface area contributed by atoms with Gasteiger partial charge in [0.05, 0.1) is 12.3 Å². The Morgan fingerprint density at radius 2 is 2.09 bits per heavy atom. The van der Waals surface area contributed by atoms with Gasteiger partial charge in [-0.3, -0.25) is 9.59 Å². The van der Waals surface area contributed by atoms with Gasteiger partial charge < -0.3 is 14.7 Å². The number of carbonyl (C=O) groups is 2. The van der Waals surface area contributed by atoms with Gasteiger partial charge in [0, 0.05) is 12.6 Å². The van der Waals surface area contributed by atoms with Crippen LogP contribution in [0.5, 0.6) is 5.75 Å². The van der Waals surface area contributed by atoms with Crippen molar-refractivity contribution in [2.24, 2.45) is 5.92 Å². The molecule has 1 fully saturated rings. The molecule has 126 valence electrons. The molecule has 0 saturated carbocycles. The Kier molecular flexibility index (Phi) is 4.82. The average molecular weight is 331 g/mol. The molecule has 0 bridgehead atoms. The van der Waals surface area contributed by atoms with E-state index in [1.807, 2.05) is 0 Å². The summed E-state index contributed by atoms with van der Waals surface area (Å²) in [6.07, 6.45) is -4.52. The molecular weight excluding hydrogens is 315 g/mol. The fourth-order valence-electron chi connectivity index (χ4n) is 2.75. The maximum absolute atomic E-state index is 12.3. The minimum absolute atomic E-state index is 0.105. The van der Waals surface area contributed by atoms with Gasteiger partial charge in [-0.05, 0) is 31.0 Å². The van der Waals surface area contributed by atoms with Crippen molar-refractivity contribution in [3.8, 4) is 5.75 Å². The van der Waals surface area contributed by atoms with Crippen LogP contribution in [0.2, 0.25) is 0 Å². The van der Waals surface area contributed by atoms with Crippen molar-refractivity contribution in [3.05, 3.63) is 29.8 Å². The third-order valence-corrected chi connectivity index (χ3v) is 3.88. The monoisotopic (exact) mass is 331 g/mol. The maximum Gasteiger partial charge on any atom is 0.573 e. The van der Waals surface area contributed by atoms with Crippen LogP contribution in [0.1, 0.15) is 18.9 Å². The number of carbonyl (C=O) groups excluding carboxylic acids is 1. The molecule has 0 spiro atoms. The fourth-order valence-corrected chi connectivity index (χ4v) is 2.75. The van der Waals surface area contributed by atoms with E-state index >= 15 is 0 Å². The van der Waals surface area contributed by atoms with E-state index in [0.29, 0.717) is 18.5 Å². The third-order valence-electron chi connectivity index (χ3n) is 3.88. The van der Waals surface area contributed by atoms with Gasteiger partial charge in [-0.2, -0.15) is 0 Å². The van der Waals surface area contributed by atoms with E-state index in [-0.39, 0.29) is 18.1 Å². The summed E-state index contributed by atoms with van der Waals surface area (Å²) in [7, 11) is 0. The smallest absolute Gasteiger partial charge is 0.481 e. The normalized spacial score (nSPS) is 21.3. The number of aliphatic carboxylic acids is 1. The van der Waals surface area contributed by atoms with E-state index in [2.05, 4.69) is 4.74 Å². The summed E-state index contributed by atoms with van der Waals surface area (Å²) in [6, 6.07) is 4.77. The van der Waals surface area contributed by atoms with Crippen LogP contribution in [0.3, 0.4) is 0 Å². The summed E-state index contributed by atoms with van der Waals surface area (Å²) in [5.41, 5.74) is 0.378. The Bertz CT molecular complexity index is 603. The minimum atomic E-state index is -4.79. The zero-order valence-electron chi connectivity index (χ0n) is 12.3. The number of halogens is 3. The molecule has 8 heteroatoms. The van der Waals surface area contributed by atoms with Gasteiger partial charge in [-0.15, -0.1) is 13.2 Å². The number of amides is 1. The Morgan fingerprint density at radius 1 is 1.39 bits per heavy atom. The van der Waals surface area contributed by atoms with Gasteiger partial charge in [0.2, 0.25) is 5.91 Å². The number of alkyl halides is 3. The lowest BCUT2D eigenvalue weighted by molar-refractivity contribution is -0.274. The Hall–Kier alpha value is -2.25. The summed E-state index contributed by atoms with van der Waals surface area (Å²) < 4.78 is 40.4. The molecule has 1 aromatic rings. The van der Waals surface area contributed by atoms with Crippen LogP contribution in [-0.2, 0) is 16.0 Å². The summed E-state index contributed by atoms with van der Waals surface area (Å²) in [6.45, 7) is 1.99. The molecule has 0 aliphatic carbocycles. The molecule has 1 saturated heterocycles. The van der Waals surface area contributed by atoms with Crippen molar-refractivity contribution in [2.75, 3.05) is 6.54 Å². The highest BCUT2D eigenvalue weighted by Crippen LogP contribution is 2.26. The Morgan fingerprint density at radius 3 is 2.65 bits per heavy atom. The SMILES string of the molecule is CC1C(C(=O)O)CCN1C(=O)Cc1cccc(OC(F)(F)F)c1. The van der Waals surface area contributed by atoms with Gasteiger partial charge in [0.1, 0.15) is 5.75 Å². The second kappa shape index (κ2) is 6.47. The Labute approximate surface area is 130 Å². The summed E-state index contributed by atoms with van der Waals surface area (Å²) in [5.74, 6) is -2.27. The number of ether oxygens (including phenoxy) is 1. The van der Waals surface area contributed by atoms with Crippen LogP contribution in [-0.4, -0.2) is 40.8 Å². The lowest BCUT2D eigenvalue weighted by atomic mass is 10.0. The van der Waals surface area contributed by atoms with E-state index in [4.69, 9.17) is 5.11 Å². The third kappa shape index (κ3) is 4.37. The molecule has 0 aromatic heterocycles. The number of nitrogens with zero attached hydrogens (tertiary/aromatic N) is 1. The molecule has 1 aliphatic heterocycles. The topological polar surface area (TPSA) is 66.8 Å². The first-order valence-corrected chi connectivity index (χ1v) is 7.04. The fraction of sp³-hybridized carbons (Fsp3) is 0.467. The zero-order chi connectivity index (χ0) is 17.2. The molecule has 2 atom stereocenters. The second-order valence-electron chi connectivity index (χ2n) is 5.43. The quantitative estimate of drug-likeness (QED) is 0.920. The highest BCUT2D eigenvalue weighted by molar-refractivity contribution is 5.81. The minimum Gasteiger partial charge on any atom is -0.481 e. The number of hydrogen-bond acceptors (Lipinski definition) is 3. The van der Waals surface area contributed by atoms with E-state index in [1.54, 1.807) is 6.92 Å². The first kappa shape index (κ1) is 17.1. The first-order chi connectivity index (χ1) is 10.7. The number of carboxylic acid groups (broad SMARTS) is 1. The number of hydrogen-bond donors (Lipinski definition) is 1. The largest absolute Gasteiger partial charge is 0.573 e. The average Bonchev–Trinajstić information content (AvgIpc) is 2.79. The number of carboxylic acids is 1. The maximum atomic E-state index is 12.3. The van der Waals surface area contributed by atoms with Crippen molar-refractivity contribution >= 4 is 11.9 Å². The summed E-state index contributed by atoms with van der Waals surface area (Å²) in [4.78, 5) is 24.8. The summed E-state index contributed by atoms with van der Waals surface area (Å²) in [5, 5.41) is 9.06. The molecule has 1 heterocycles. The highest BCUT2D eigenvalue weighted by Gasteiger charge is 2.38. The van der Waals surface area contributed by atoms with E-state index in [0.717, 1.165) is 12.1 Å². The van der Waals surface area contributed by atoms with Gasteiger partial charge in [0.25, 0.3) is 0 Å². The van der Waals surface area contributed by atoms with Gasteiger partial charge in [-0.25, -0.2) is 0 Å². The molecule has 23 heavy (non-hydrogen) atoms. The first-order valence-electron chi connectivity index (χ1n) is 7.04.